The molecule has 112 valence electrons. The molecule has 1 heterocycles. The molecule has 0 unspecified atom stereocenters. The van der Waals surface area contributed by atoms with E-state index in [9.17, 15) is 4.79 Å². The Bertz CT molecular complexity index is 893. The first kappa shape index (κ1) is 13.9. The van der Waals surface area contributed by atoms with E-state index in [4.69, 9.17) is 9.47 Å². The SMILES string of the molecule is COc1cccc(C=Nn2c(=O)[nH]c3ccccc32)c1OC. The fourth-order valence-corrected chi connectivity index (χ4v) is 2.29. The van der Waals surface area contributed by atoms with Crippen molar-refractivity contribution in [3.63, 3.8) is 0 Å². The number of hydrogen-bond donors (Lipinski definition) is 1. The first-order chi connectivity index (χ1) is 10.7. The topological polar surface area (TPSA) is 68.6 Å². The molecule has 1 aromatic heterocycles. The van der Waals surface area contributed by atoms with Crippen molar-refractivity contribution >= 4 is 17.2 Å². The third-order valence-electron chi connectivity index (χ3n) is 3.31. The zero-order chi connectivity index (χ0) is 15.5. The van der Waals surface area contributed by atoms with Gasteiger partial charge < -0.3 is 14.5 Å². The van der Waals surface area contributed by atoms with Crippen LogP contribution >= 0.6 is 0 Å². The van der Waals surface area contributed by atoms with E-state index in [0.29, 0.717) is 17.0 Å². The van der Waals surface area contributed by atoms with Crippen molar-refractivity contribution in [2.45, 2.75) is 0 Å². The minimum absolute atomic E-state index is 0.292. The average molecular weight is 297 g/mol. The van der Waals surface area contributed by atoms with E-state index in [0.717, 1.165) is 11.1 Å². The largest absolute Gasteiger partial charge is 0.493 e. The van der Waals surface area contributed by atoms with Crippen LogP contribution in [0.4, 0.5) is 0 Å². The van der Waals surface area contributed by atoms with Crippen LogP contribution in [0.15, 0.2) is 52.4 Å². The first-order valence-corrected chi connectivity index (χ1v) is 6.69. The molecule has 6 heteroatoms. The van der Waals surface area contributed by atoms with Gasteiger partial charge in [0.15, 0.2) is 11.5 Å². The van der Waals surface area contributed by atoms with Crippen LogP contribution in [0.5, 0.6) is 11.5 Å². The summed E-state index contributed by atoms with van der Waals surface area (Å²) in [4.78, 5) is 14.7. The third-order valence-corrected chi connectivity index (χ3v) is 3.31. The maximum absolute atomic E-state index is 12.0. The van der Waals surface area contributed by atoms with Gasteiger partial charge in [0.05, 0.1) is 31.5 Å². The van der Waals surface area contributed by atoms with Gasteiger partial charge in [-0.3, -0.25) is 0 Å². The van der Waals surface area contributed by atoms with E-state index in [1.54, 1.807) is 26.5 Å². The zero-order valence-corrected chi connectivity index (χ0v) is 12.2. The summed E-state index contributed by atoms with van der Waals surface area (Å²) < 4.78 is 11.9. The molecule has 0 amide bonds. The predicted octanol–water partition coefficient (Wildman–Crippen LogP) is 2.23. The smallest absolute Gasteiger partial charge is 0.347 e. The van der Waals surface area contributed by atoms with Crippen molar-refractivity contribution < 1.29 is 9.47 Å². The van der Waals surface area contributed by atoms with E-state index in [1.807, 2.05) is 36.4 Å². The molecule has 0 bridgehead atoms. The number of rotatable bonds is 4. The zero-order valence-electron chi connectivity index (χ0n) is 12.2. The molecule has 0 radical (unpaired) electrons. The summed E-state index contributed by atoms with van der Waals surface area (Å²) in [6, 6.07) is 12.8. The summed E-state index contributed by atoms with van der Waals surface area (Å²) in [5.41, 5.74) is 1.88. The summed E-state index contributed by atoms with van der Waals surface area (Å²) in [5.74, 6) is 1.18. The van der Waals surface area contributed by atoms with Gasteiger partial charge in [-0.05, 0) is 24.3 Å². The van der Waals surface area contributed by atoms with Crippen molar-refractivity contribution in [1.82, 2.24) is 9.66 Å². The summed E-state index contributed by atoms with van der Waals surface area (Å²) in [6.07, 6.45) is 1.57. The third kappa shape index (κ3) is 2.35. The number of nitrogens with one attached hydrogen (secondary N) is 1. The Morgan fingerprint density at radius 2 is 1.91 bits per heavy atom. The van der Waals surface area contributed by atoms with Gasteiger partial charge in [-0.15, -0.1) is 0 Å². The number of para-hydroxylation sites is 3. The number of aromatic amines is 1. The molecule has 0 atom stereocenters. The first-order valence-electron chi connectivity index (χ1n) is 6.69. The van der Waals surface area contributed by atoms with E-state index in [1.165, 1.54) is 4.68 Å². The molecule has 22 heavy (non-hydrogen) atoms. The van der Waals surface area contributed by atoms with Crippen LogP contribution in [0, 0.1) is 0 Å². The summed E-state index contributed by atoms with van der Waals surface area (Å²) >= 11 is 0. The van der Waals surface area contributed by atoms with Crippen LogP contribution in [-0.4, -0.2) is 30.1 Å². The molecule has 2 aromatic carbocycles. The van der Waals surface area contributed by atoms with E-state index >= 15 is 0 Å². The number of imidazole rings is 1. The number of benzene rings is 2. The van der Waals surface area contributed by atoms with Crippen molar-refractivity contribution in [1.29, 1.82) is 0 Å². The van der Waals surface area contributed by atoms with Gasteiger partial charge in [0, 0.05) is 5.56 Å². The molecular weight excluding hydrogens is 282 g/mol. The Labute approximate surface area is 126 Å². The van der Waals surface area contributed by atoms with E-state index in [2.05, 4.69) is 10.1 Å². The van der Waals surface area contributed by atoms with Crippen molar-refractivity contribution in [3.8, 4) is 11.5 Å². The van der Waals surface area contributed by atoms with Gasteiger partial charge in [0.25, 0.3) is 0 Å². The maximum atomic E-state index is 12.0. The van der Waals surface area contributed by atoms with Crippen LogP contribution in [0.1, 0.15) is 5.56 Å². The molecule has 0 saturated carbocycles. The average Bonchev–Trinajstić information content (AvgIpc) is 2.87. The molecule has 6 nitrogen and oxygen atoms in total. The second-order valence-electron chi connectivity index (χ2n) is 4.59. The Kier molecular flexibility index (Phi) is 3.65. The van der Waals surface area contributed by atoms with Gasteiger partial charge in [0.1, 0.15) is 0 Å². The highest BCUT2D eigenvalue weighted by Gasteiger charge is 2.08. The quantitative estimate of drug-likeness (QED) is 0.751. The number of nitrogens with zero attached hydrogens (tertiary/aromatic N) is 2. The molecule has 0 aliphatic rings. The van der Waals surface area contributed by atoms with Crippen LogP contribution in [0.25, 0.3) is 11.0 Å². The van der Waals surface area contributed by atoms with Crippen molar-refractivity contribution in [2.75, 3.05) is 14.2 Å². The van der Waals surface area contributed by atoms with Gasteiger partial charge in [-0.1, -0.05) is 18.2 Å². The number of H-pyrrole nitrogens is 1. The normalized spacial score (nSPS) is 11.2. The van der Waals surface area contributed by atoms with Gasteiger partial charge >= 0.3 is 5.69 Å². The van der Waals surface area contributed by atoms with Crippen LogP contribution in [-0.2, 0) is 0 Å². The summed E-state index contributed by atoms with van der Waals surface area (Å²) in [5, 5.41) is 4.26. The highest BCUT2D eigenvalue weighted by Crippen LogP contribution is 2.29. The lowest BCUT2D eigenvalue weighted by atomic mass is 10.2. The van der Waals surface area contributed by atoms with Gasteiger partial charge in [-0.25, -0.2) is 4.79 Å². The summed E-state index contributed by atoms with van der Waals surface area (Å²) in [7, 11) is 3.13. The van der Waals surface area contributed by atoms with Gasteiger partial charge in [0.2, 0.25) is 0 Å². The second kappa shape index (κ2) is 5.77. The number of fused-ring (bicyclic) bond motifs is 1. The van der Waals surface area contributed by atoms with Crippen molar-refractivity contribution in [2.24, 2.45) is 5.10 Å². The fraction of sp³-hybridized carbons (Fsp3) is 0.125. The molecule has 3 aromatic rings. The van der Waals surface area contributed by atoms with Crippen LogP contribution < -0.4 is 15.2 Å². The molecule has 3 rings (SSSR count). The monoisotopic (exact) mass is 297 g/mol. The van der Waals surface area contributed by atoms with Gasteiger partial charge in [-0.2, -0.15) is 9.78 Å². The number of hydrogen-bond acceptors (Lipinski definition) is 4. The lowest BCUT2D eigenvalue weighted by Crippen LogP contribution is -2.12. The van der Waals surface area contributed by atoms with Crippen LogP contribution in [0.3, 0.4) is 0 Å². The van der Waals surface area contributed by atoms with Crippen LogP contribution in [0.2, 0.25) is 0 Å². The lowest BCUT2D eigenvalue weighted by Gasteiger charge is -2.09. The fourth-order valence-electron chi connectivity index (χ4n) is 2.29. The Hall–Kier alpha value is -3.02. The molecular formula is C16H15N3O3. The lowest BCUT2D eigenvalue weighted by molar-refractivity contribution is 0.354. The number of aromatic nitrogens is 2. The molecule has 0 spiro atoms. The number of ether oxygens (including phenoxy) is 2. The Morgan fingerprint density at radius 3 is 2.68 bits per heavy atom. The maximum Gasteiger partial charge on any atom is 0.347 e. The second-order valence-corrected chi connectivity index (χ2v) is 4.59. The minimum atomic E-state index is -0.292. The minimum Gasteiger partial charge on any atom is -0.493 e. The highest BCUT2D eigenvalue weighted by molar-refractivity contribution is 5.85. The van der Waals surface area contributed by atoms with E-state index < -0.39 is 0 Å². The Balaban J connectivity index is 2.07. The standard InChI is InChI=1S/C16H15N3O3/c1-21-14-9-5-6-11(15(14)22-2)10-17-19-13-8-4-3-7-12(13)18-16(19)20/h3-10H,1-2H3,(H,18,20). The van der Waals surface area contributed by atoms with Crippen molar-refractivity contribution in [3.05, 3.63) is 58.5 Å². The predicted molar refractivity (Wildman–Crippen MR) is 85.1 cm³/mol. The molecule has 0 aliphatic heterocycles. The molecule has 0 saturated heterocycles. The summed E-state index contributed by atoms with van der Waals surface area (Å²) in [6.45, 7) is 0. The highest BCUT2D eigenvalue weighted by atomic mass is 16.5. The Morgan fingerprint density at radius 1 is 1.09 bits per heavy atom. The van der Waals surface area contributed by atoms with E-state index in [-0.39, 0.29) is 5.69 Å². The number of methoxy groups -OCH3 is 2. The molecule has 0 aliphatic carbocycles. The molecule has 0 fully saturated rings. The molecule has 1 N–H and O–H groups in total.